The van der Waals surface area contributed by atoms with Gasteiger partial charge in [-0.3, -0.25) is 14.6 Å². The first-order valence-electron chi connectivity index (χ1n) is 9.32. The van der Waals surface area contributed by atoms with Crippen molar-refractivity contribution in [2.24, 2.45) is 17.8 Å². The lowest BCUT2D eigenvalue weighted by molar-refractivity contribution is -0.126. The van der Waals surface area contributed by atoms with Crippen molar-refractivity contribution in [1.82, 2.24) is 15.6 Å². The van der Waals surface area contributed by atoms with E-state index in [9.17, 15) is 9.59 Å². The number of amides is 2. The van der Waals surface area contributed by atoms with Crippen molar-refractivity contribution in [3.05, 3.63) is 42.2 Å². The molecule has 0 fully saturated rings. The van der Waals surface area contributed by atoms with E-state index in [1.54, 1.807) is 12.4 Å². The van der Waals surface area contributed by atoms with E-state index in [1.807, 2.05) is 38.1 Å². The number of hydrogen-bond donors (Lipinski definition) is 2. The first-order chi connectivity index (χ1) is 12.4. The number of benzene rings is 1. The van der Waals surface area contributed by atoms with Crippen molar-refractivity contribution in [3.8, 4) is 0 Å². The molecule has 2 rings (SSSR count). The molecule has 5 heteroatoms. The second-order valence-corrected chi connectivity index (χ2v) is 7.26. The Morgan fingerprint density at radius 1 is 1.04 bits per heavy atom. The van der Waals surface area contributed by atoms with Gasteiger partial charge in [-0.2, -0.15) is 0 Å². The number of aromatic nitrogens is 1. The first-order valence-corrected chi connectivity index (χ1v) is 9.32. The van der Waals surface area contributed by atoms with Crippen molar-refractivity contribution in [2.75, 3.05) is 13.1 Å². The highest BCUT2D eigenvalue weighted by atomic mass is 16.2. The molecule has 0 aliphatic rings. The maximum atomic E-state index is 12.4. The number of nitrogens with one attached hydrogen (secondary N) is 2. The molecule has 0 saturated heterocycles. The zero-order valence-electron chi connectivity index (χ0n) is 16.1. The van der Waals surface area contributed by atoms with Crippen molar-refractivity contribution in [1.29, 1.82) is 0 Å². The molecule has 0 bridgehead atoms. The molecule has 2 atom stereocenters. The third-order valence-electron chi connectivity index (χ3n) is 4.72. The Labute approximate surface area is 155 Å². The molecule has 2 aromatic rings. The van der Waals surface area contributed by atoms with Crippen molar-refractivity contribution < 1.29 is 9.59 Å². The number of rotatable bonds is 8. The van der Waals surface area contributed by atoms with Crippen molar-refractivity contribution in [2.45, 2.75) is 34.1 Å². The van der Waals surface area contributed by atoms with Gasteiger partial charge in [-0.05, 0) is 41.8 Å². The van der Waals surface area contributed by atoms with Gasteiger partial charge in [-0.1, -0.05) is 33.8 Å². The van der Waals surface area contributed by atoms with Gasteiger partial charge in [0.1, 0.15) is 0 Å². The Balaban J connectivity index is 1.83. The molecule has 0 spiro atoms. The maximum absolute atomic E-state index is 12.4. The van der Waals surface area contributed by atoms with Crippen LogP contribution in [0.1, 0.15) is 44.5 Å². The van der Waals surface area contributed by atoms with Gasteiger partial charge in [0.15, 0.2) is 0 Å². The van der Waals surface area contributed by atoms with Gasteiger partial charge in [0, 0.05) is 42.4 Å². The summed E-state index contributed by atoms with van der Waals surface area (Å²) in [7, 11) is 0. The Morgan fingerprint density at radius 2 is 1.77 bits per heavy atom. The number of nitrogens with zero attached hydrogens (tertiary/aromatic N) is 1. The summed E-state index contributed by atoms with van der Waals surface area (Å²) in [6.45, 7) is 9.26. The molecule has 2 amide bonds. The van der Waals surface area contributed by atoms with Crippen LogP contribution in [-0.2, 0) is 4.79 Å². The molecule has 1 heterocycles. The summed E-state index contributed by atoms with van der Waals surface area (Å²) in [6.07, 6.45) is 4.33. The molecule has 0 aliphatic carbocycles. The molecule has 0 saturated carbocycles. The van der Waals surface area contributed by atoms with Crippen molar-refractivity contribution in [3.63, 3.8) is 0 Å². The molecule has 140 valence electrons. The summed E-state index contributed by atoms with van der Waals surface area (Å²) in [4.78, 5) is 28.6. The van der Waals surface area contributed by atoms with E-state index in [0.29, 0.717) is 24.6 Å². The Hall–Kier alpha value is -2.43. The molecule has 5 nitrogen and oxygen atoms in total. The molecule has 2 unspecified atom stereocenters. The second kappa shape index (κ2) is 9.32. The third kappa shape index (κ3) is 5.28. The number of fused-ring (bicyclic) bond motifs is 1. The van der Waals surface area contributed by atoms with Crippen LogP contribution in [0.5, 0.6) is 0 Å². The number of pyridine rings is 1. The van der Waals surface area contributed by atoms with E-state index < -0.39 is 0 Å². The zero-order chi connectivity index (χ0) is 19.1. The average molecular weight is 355 g/mol. The zero-order valence-corrected chi connectivity index (χ0v) is 16.1. The summed E-state index contributed by atoms with van der Waals surface area (Å²) in [5.74, 6) is 0.528. The predicted molar refractivity (Wildman–Crippen MR) is 105 cm³/mol. The van der Waals surface area contributed by atoms with E-state index in [1.165, 1.54) is 0 Å². The minimum absolute atomic E-state index is 0.0444. The molecular formula is C21H29N3O2. The average Bonchev–Trinajstić information content (AvgIpc) is 2.64. The summed E-state index contributed by atoms with van der Waals surface area (Å²) < 4.78 is 0. The van der Waals surface area contributed by atoms with Crippen molar-refractivity contribution >= 4 is 22.6 Å². The molecule has 0 aliphatic heterocycles. The van der Waals surface area contributed by atoms with E-state index in [-0.39, 0.29) is 23.7 Å². The van der Waals surface area contributed by atoms with Gasteiger partial charge >= 0.3 is 0 Å². The summed E-state index contributed by atoms with van der Waals surface area (Å²) in [6, 6.07) is 7.51. The lowest BCUT2D eigenvalue weighted by Crippen LogP contribution is -2.39. The highest BCUT2D eigenvalue weighted by Gasteiger charge is 2.20. The first kappa shape index (κ1) is 19.9. The Morgan fingerprint density at radius 3 is 2.46 bits per heavy atom. The van der Waals surface area contributed by atoms with Gasteiger partial charge in [-0.15, -0.1) is 0 Å². The molecule has 2 N–H and O–H groups in total. The predicted octanol–water partition coefficient (Wildman–Crippen LogP) is 3.40. The van der Waals surface area contributed by atoms with Crippen LogP contribution in [0.25, 0.3) is 10.8 Å². The van der Waals surface area contributed by atoms with Gasteiger partial charge in [0.2, 0.25) is 5.91 Å². The Bertz CT molecular complexity index is 758. The van der Waals surface area contributed by atoms with Crippen LogP contribution < -0.4 is 10.6 Å². The standard InChI is InChI=1S/C21H29N3O2/c1-5-19(14(2)3)21(26)24-12-15(4)11-23-20(25)17-7-6-16-8-9-22-13-18(16)10-17/h6-10,13-15,19H,5,11-12H2,1-4H3,(H,23,25)(H,24,26). The van der Waals surface area contributed by atoms with Gasteiger partial charge in [0.05, 0.1) is 0 Å². The van der Waals surface area contributed by atoms with Crippen LogP contribution in [-0.4, -0.2) is 29.9 Å². The van der Waals surface area contributed by atoms with Crippen LogP contribution in [0.15, 0.2) is 36.7 Å². The van der Waals surface area contributed by atoms with Gasteiger partial charge < -0.3 is 10.6 Å². The highest BCUT2D eigenvalue weighted by molar-refractivity contribution is 5.98. The quantitative estimate of drug-likeness (QED) is 0.762. The van der Waals surface area contributed by atoms with Crippen LogP contribution in [0, 0.1) is 17.8 Å². The lowest BCUT2D eigenvalue weighted by Gasteiger charge is -2.20. The van der Waals surface area contributed by atoms with E-state index in [2.05, 4.69) is 29.5 Å². The topological polar surface area (TPSA) is 71.1 Å². The smallest absolute Gasteiger partial charge is 0.251 e. The lowest BCUT2D eigenvalue weighted by atomic mass is 9.92. The summed E-state index contributed by atoms with van der Waals surface area (Å²) in [5.41, 5.74) is 0.618. The fourth-order valence-electron chi connectivity index (χ4n) is 3.03. The number of carbonyl (C=O) groups excluding carboxylic acids is 2. The summed E-state index contributed by atoms with van der Waals surface area (Å²) in [5, 5.41) is 7.95. The fraction of sp³-hybridized carbons (Fsp3) is 0.476. The van der Waals surface area contributed by atoms with Crippen LogP contribution >= 0.6 is 0 Å². The second-order valence-electron chi connectivity index (χ2n) is 7.26. The van der Waals surface area contributed by atoms with Crippen LogP contribution in [0.3, 0.4) is 0 Å². The van der Waals surface area contributed by atoms with Crippen LogP contribution in [0.2, 0.25) is 0 Å². The summed E-state index contributed by atoms with van der Waals surface area (Å²) >= 11 is 0. The van der Waals surface area contributed by atoms with E-state index in [4.69, 9.17) is 0 Å². The molecule has 0 radical (unpaired) electrons. The third-order valence-corrected chi connectivity index (χ3v) is 4.72. The minimum Gasteiger partial charge on any atom is -0.356 e. The SMILES string of the molecule is CCC(C(=O)NCC(C)CNC(=O)c1ccc2ccncc2c1)C(C)C. The van der Waals surface area contributed by atoms with E-state index in [0.717, 1.165) is 17.2 Å². The largest absolute Gasteiger partial charge is 0.356 e. The number of hydrogen-bond acceptors (Lipinski definition) is 3. The highest BCUT2D eigenvalue weighted by Crippen LogP contribution is 2.15. The number of carbonyl (C=O) groups is 2. The normalized spacial score (nSPS) is 13.4. The molecule has 1 aromatic heterocycles. The molecule has 1 aromatic carbocycles. The molecule has 26 heavy (non-hydrogen) atoms. The van der Waals surface area contributed by atoms with E-state index >= 15 is 0 Å². The fourth-order valence-corrected chi connectivity index (χ4v) is 3.03. The molecular weight excluding hydrogens is 326 g/mol. The minimum atomic E-state index is -0.109. The van der Waals surface area contributed by atoms with Gasteiger partial charge in [0.25, 0.3) is 5.91 Å². The van der Waals surface area contributed by atoms with Crippen LogP contribution in [0.4, 0.5) is 0 Å². The van der Waals surface area contributed by atoms with Gasteiger partial charge in [-0.25, -0.2) is 0 Å². The Kier molecular flexibility index (Phi) is 7.13. The monoisotopic (exact) mass is 355 g/mol. The maximum Gasteiger partial charge on any atom is 0.251 e.